The monoisotopic (exact) mass is 329 g/mol. The number of hydrogen-bond donors (Lipinski definition) is 0. The van der Waals surface area contributed by atoms with Crippen LogP contribution in [-0.4, -0.2) is 24.9 Å². The molecule has 120 valence electrons. The maximum Gasteiger partial charge on any atom is 0.237 e. The van der Waals surface area contributed by atoms with E-state index in [9.17, 15) is 0 Å². The Bertz CT molecular complexity index is 763. The Morgan fingerprint density at radius 2 is 2.00 bits per heavy atom. The molecule has 2 heterocycles. The van der Waals surface area contributed by atoms with Crippen molar-refractivity contribution in [2.24, 2.45) is 0 Å². The van der Waals surface area contributed by atoms with E-state index in [1.165, 1.54) is 5.56 Å². The van der Waals surface area contributed by atoms with E-state index in [0.29, 0.717) is 23.5 Å². The highest BCUT2D eigenvalue weighted by atomic mass is 32.2. The zero-order valence-electron chi connectivity index (χ0n) is 13.4. The van der Waals surface area contributed by atoms with Crippen LogP contribution in [0.4, 0.5) is 0 Å². The van der Waals surface area contributed by atoms with Crippen molar-refractivity contribution in [3.8, 4) is 11.4 Å². The average Bonchev–Trinajstić information content (AvgIpc) is 3.22. The van der Waals surface area contributed by atoms with E-state index in [2.05, 4.69) is 53.2 Å². The summed E-state index contributed by atoms with van der Waals surface area (Å²) in [6.45, 7) is 6.32. The topological polar surface area (TPSA) is 69.6 Å². The van der Waals surface area contributed by atoms with Crippen molar-refractivity contribution in [1.82, 2.24) is 24.9 Å². The summed E-state index contributed by atoms with van der Waals surface area (Å²) >= 11 is 1.54. The van der Waals surface area contributed by atoms with Crippen molar-refractivity contribution in [1.29, 1.82) is 0 Å². The van der Waals surface area contributed by atoms with Gasteiger partial charge in [-0.05, 0) is 25.8 Å². The third-order valence-corrected chi connectivity index (χ3v) is 4.45. The first-order valence-corrected chi connectivity index (χ1v) is 8.60. The molecule has 0 radical (unpaired) electrons. The van der Waals surface area contributed by atoms with Gasteiger partial charge >= 0.3 is 0 Å². The summed E-state index contributed by atoms with van der Waals surface area (Å²) in [5, 5.41) is 13.0. The van der Waals surface area contributed by atoms with Gasteiger partial charge < -0.3 is 9.09 Å². The highest BCUT2D eigenvalue weighted by Crippen LogP contribution is 2.24. The Balaban J connectivity index is 1.68. The van der Waals surface area contributed by atoms with Crippen LogP contribution in [0.1, 0.15) is 38.3 Å². The van der Waals surface area contributed by atoms with Gasteiger partial charge in [0.05, 0.1) is 5.75 Å². The average molecular weight is 329 g/mol. The Morgan fingerprint density at radius 3 is 2.70 bits per heavy atom. The van der Waals surface area contributed by atoms with Gasteiger partial charge in [-0.15, -0.1) is 10.2 Å². The van der Waals surface area contributed by atoms with E-state index < -0.39 is 0 Å². The molecule has 0 saturated heterocycles. The molecule has 23 heavy (non-hydrogen) atoms. The second kappa shape index (κ2) is 6.95. The molecule has 0 atom stereocenters. The Kier molecular flexibility index (Phi) is 4.76. The molecular formula is C16H19N5OS. The second-order valence-corrected chi connectivity index (χ2v) is 6.41. The van der Waals surface area contributed by atoms with Crippen molar-refractivity contribution < 1.29 is 4.52 Å². The van der Waals surface area contributed by atoms with Gasteiger partial charge in [0.1, 0.15) is 6.33 Å². The molecule has 0 aliphatic heterocycles. The van der Waals surface area contributed by atoms with Crippen LogP contribution in [0.5, 0.6) is 0 Å². The summed E-state index contributed by atoms with van der Waals surface area (Å²) in [7, 11) is 0. The maximum atomic E-state index is 5.33. The van der Waals surface area contributed by atoms with Crippen LogP contribution < -0.4 is 0 Å². The fourth-order valence-corrected chi connectivity index (χ4v) is 3.02. The van der Waals surface area contributed by atoms with Crippen molar-refractivity contribution in [3.05, 3.63) is 42.0 Å². The van der Waals surface area contributed by atoms with Gasteiger partial charge in [-0.3, -0.25) is 0 Å². The third kappa shape index (κ3) is 3.61. The summed E-state index contributed by atoms with van der Waals surface area (Å²) in [6.07, 6.45) is 2.76. The number of aryl methyl sites for hydroxylation is 1. The van der Waals surface area contributed by atoms with Gasteiger partial charge in [0.25, 0.3) is 0 Å². The predicted molar refractivity (Wildman–Crippen MR) is 89.1 cm³/mol. The van der Waals surface area contributed by atoms with E-state index >= 15 is 0 Å². The molecule has 0 saturated carbocycles. The van der Waals surface area contributed by atoms with Gasteiger partial charge in [0, 0.05) is 11.6 Å². The lowest BCUT2D eigenvalue weighted by Crippen LogP contribution is -2.00. The highest BCUT2D eigenvalue weighted by Gasteiger charge is 2.12. The molecule has 3 rings (SSSR count). The quantitative estimate of drug-likeness (QED) is 0.641. The number of benzene rings is 1. The molecule has 3 aromatic rings. The minimum atomic E-state index is 0.322. The number of thioether (sulfide) groups is 1. The van der Waals surface area contributed by atoms with Gasteiger partial charge in [0.15, 0.2) is 5.16 Å². The molecule has 7 heteroatoms. The number of nitrogens with zero attached hydrogens (tertiary/aromatic N) is 5. The molecule has 1 aromatic carbocycles. The van der Waals surface area contributed by atoms with Crippen molar-refractivity contribution >= 4 is 11.8 Å². The summed E-state index contributed by atoms with van der Waals surface area (Å²) in [5.74, 6) is 1.78. The summed E-state index contributed by atoms with van der Waals surface area (Å²) in [4.78, 5) is 4.45. The normalized spacial score (nSPS) is 11.3. The van der Waals surface area contributed by atoms with Crippen LogP contribution >= 0.6 is 11.8 Å². The number of rotatable bonds is 6. The molecular weight excluding hydrogens is 310 g/mol. The Labute approximate surface area is 139 Å². The number of aromatic nitrogens is 5. The van der Waals surface area contributed by atoms with Gasteiger partial charge in [-0.1, -0.05) is 48.1 Å². The van der Waals surface area contributed by atoms with E-state index in [0.717, 1.165) is 17.1 Å². The third-order valence-electron chi connectivity index (χ3n) is 3.51. The Morgan fingerprint density at radius 1 is 1.22 bits per heavy atom. The summed E-state index contributed by atoms with van der Waals surface area (Å²) in [5.41, 5.74) is 2.26. The number of hydrogen-bond acceptors (Lipinski definition) is 6. The van der Waals surface area contributed by atoms with Crippen LogP contribution in [0.3, 0.4) is 0 Å². The lowest BCUT2D eigenvalue weighted by atomic mass is 10.1. The molecule has 2 aromatic heterocycles. The lowest BCUT2D eigenvalue weighted by molar-refractivity contribution is 0.391. The first-order chi connectivity index (χ1) is 11.2. The maximum absolute atomic E-state index is 5.33. The van der Waals surface area contributed by atoms with Crippen LogP contribution in [0.15, 0.2) is 40.3 Å². The molecule has 0 spiro atoms. The fourth-order valence-electron chi connectivity index (χ4n) is 2.14. The van der Waals surface area contributed by atoms with Crippen molar-refractivity contribution in [3.63, 3.8) is 0 Å². The van der Waals surface area contributed by atoms with Gasteiger partial charge in [-0.2, -0.15) is 4.98 Å². The summed E-state index contributed by atoms with van der Waals surface area (Å²) in [6, 6.07) is 8.55. The Hall–Kier alpha value is -2.15. The molecule has 0 aliphatic carbocycles. The van der Waals surface area contributed by atoms with Crippen LogP contribution in [0, 0.1) is 0 Å². The van der Waals surface area contributed by atoms with Crippen LogP contribution in [0.2, 0.25) is 0 Å². The van der Waals surface area contributed by atoms with Gasteiger partial charge in [0.2, 0.25) is 11.7 Å². The zero-order chi connectivity index (χ0) is 16.2. The standard InChI is InChI=1S/C16H19N5OS/c1-4-12-5-7-13(8-6-12)15-18-14(22-20-15)9-23-16-19-17-10-21(16)11(2)3/h5-8,10-11H,4,9H2,1-3H3. The molecule has 0 aliphatic rings. The van der Waals surface area contributed by atoms with Crippen LogP contribution in [0.25, 0.3) is 11.4 Å². The van der Waals surface area contributed by atoms with E-state index in [4.69, 9.17) is 4.52 Å². The van der Waals surface area contributed by atoms with E-state index in [1.807, 2.05) is 16.7 Å². The minimum absolute atomic E-state index is 0.322. The lowest BCUT2D eigenvalue weighted by Gasteiger charge is -2.07. The van der Waals surface area contributed by atoms with E-state index in [-0.39, 0.29) is 0 Å². The fraction of sp³-hybridized carbons (Fsp3) is 0.375. The smallest absolute Gasteiger partial charge is 0.237 e. The molecule has 0 amide bonds. The molecule has 6 nitrogen and oxygen atoms in total. The van der Waals surface area contributed by atoms with E-state index in [1.54, 1.807) is 18.1 Å². The molecule has 0 unspecified atom stereocenters. The molecule has 0 fully saturated rings. The predicted octanol–water partition coefficient (Wildman–Crippen LogP) is 3.76. The van der Waals surface area contributed by atoms with Crippen molar-refractivity contribution in [2.45, 2.75) is 44.1 Å². The highest BCUT2D eigenvalue weighted by molar-refractivity contribution is 7.98. The molecule has 0 N–H and O–H groups in total. The first-order valence-electron chi connectivity index (χ1n) is 7.61. The van der Waals surface area contributed by atoms with Crippen LogP contribution in [-0.2, 0) is 12.2 Å². The summed E-state index contributed by atoms with van der Waals surface area (Å²) < 4.78 is 7.35. The largest absolute Gasteiger partial charge is 0.338 e. The zero-order valence-corrected chi connectivity index (χ0v) is 14.2. The minimum Gasteiger partial charge on any atom is -0.338 e. The first kappa shape index (κ1) is 15.7. The second-order valence-electron chi connectivity index (χ2n) is 5.47. The van der Waals surface area contributed by atoms with Gasteiger partial charge in [-0.25, -0.2) is 0 Å². The molecule has 0 bridgehead atoms. The SMILES string of the molecule is CCc1ccc(-c2noc(CSc3nncn3C(C)C)n2)cc1. The van der Waals surface area contributed by atoms with Crippen molar-refractivity contribution in [2.75, 3.05) is 0 Å².